The van der Waals surface area contributed by atoms with Crippen molar-refractivity contribution >= 4 is 15.7 Å². The highest BCUT2D eigenvalue weighted by Crippen LogP contribution is 2.31. The van der Waals surface area contributed by atoms with Gasteiger partial charge in [-0.1, -0.05) is 0 Å². The van der Waals surface area contributed by atoms with Crippen molar-refractivity contribution < 1.29 is 13.2 Å². The molecule has 1 unspecified atom stereocenters. The van der Waals surface area contributed by atoms with Crippen LogP contribution in [-0.4, -0.2) is 46.6 Å². The molecule has 7 nitrogen and oxygen atoms in total. The van der Waals surface area contributed by atoms with E-state index in [1.807, 2.05) is 23.4 Å². The van der Waals surface area contributed by atoms with Gasteiger partial charge in [-0.05, 0) is 37.8 Å². The Morgan fingerprint density at radius 2 is 2.21 bits per heavy atom. The number of carbonyl (C=O) groups is 1. The van der Waals surface area contributed by atoms with Crippen molar-refractivity contribution in [2.24, 2.45) is 0 Å². The van der Waals surface area contributed by atoms with Crippen LogP contribution in [0.25, 0.3) is 0 Å². The van der Waals surface area contributed by atoms with E-state index in [1.54, 1.807) is 13.1 Å². The molecule has 1 N–H and O–H groups in total. The third-order valence-electron chi connectivity index (χ3n) is 4.33. The maximum absolute atomic E-state index is 12.8. The molecule has 0 saturated carbocycles. The van der Waals surface area contributed by atoms with E-state index in [-0.39, 0.29) is 23.7 Å². The molecule has 24 heavy (non-hydrogen) atoms. The number of aryl methyl sites for hydroxylation is 1. The summed E-state index contributed by atoms with van der Waals surface area (Å²) < 4.78 is 25.2. The third-order valence-corrected chi connectivity index (χ3v) is 5.32. The highest BCUT2D eigenvalue weighted by atomic mass is 32.2. The molecule has 0 aliphatic carbocycles. The average Bonchev–Trinajstić information content (AvgIpc) is 3.16. The molecule has 1 fully saturated rings. The van der Waals surface area contributed by atoms with E-state index >= 15 is 0 Å². The molecule has 2 aromatic heterocycles. The van der Waals surface area contributed by atoms with Gasteiger partial charge >= 0.3 is 0 Å². The lowest BCUT2D eigenvalue weighted by molar-refractivity contribution is -0.135. The first kappa shape index (κ1) is 16.8. The summed E-state index contributed by atoms with van der Waals surface area (Å²) >= 11 is 0. The van der Waals surface area contributed by atoms with Gasteiger partial charge in [-0.2, -0.15) is 0 Å². The van der Waals surface area contributed by atoms with Crippen LogP contribution in [0.2, 0.25) is 0 Å². The number of aromatic nitrogens is 3. The van der Waals surface area contributed by atoms with Gasteiger partial charge < -0.3 is 14.5 Å². The lowest BCUT2D eigenvalue weighted by atomic mass is 9.97. The van der Waals surface area contributed by atoms with Gasteiger partial charge in [-0.15, -0.1) is 0 Å². The van der Waals surface area contributed by atoms with Crippen molar-refractivity contribution in [1.29, 1.82) is 0 Å². The quantitative estimate of drug-likeness (QED) is 0.909. The van der Waals surface area contributed by atoms with Gasteiger partial charge in [0.05, 0.1) is 11.7 Å². The van der Waals surface area contributed by atoms with E-state index < -0.39 is 9.84 Å². The van der Waals surface area contributed by atoms with E-state index in [0.29, 0.717) is 12.2 Å². The molecular weight excluding hydrogens is 328 g/mol. The molecule has 0 spiro atoms. The molecule has 8 heteroatoms. The van der Waals surface area contributed by atoms with Crippen molar-refractivity contribution in [3.05, 3.63) is 35.9 Å². The smallest absolute Gasteiger partial charge is 0.243 e. The fourth-order valence-corrected chi connectivity index (χ4v) is 4.14. The van der Waals surface area contributed by atoms with Crippen LogP contribution in [0.1, 0.15) is 36.6 Å². The summed E-state index contributed by atoms with van der Waals surface area (Å²) in [6, 6.07) is 2.03. The largest absolute Gasteiger partial charge is 0.367 e. The van der Waals surface area contributed by atoms with Crippen molar-refractivity contribution in [1.82, 2.24) is 19.4 Å². The van der Waals surface area contributed by atoms with E-state index in [9.17, 15) is 13.2 Å². The average molecular weight is 350 g/mol. The number of sulfone groups is 1. The third kappa shape index (κ3) is 3.38. The Labute approximate surface area is 141 Å². The summed E-state index contributed by atoms with van der Waals surface area (Å²) in [6.07, 6.45) is 9.47. The lowest BCUT2D eigenvalue weighted by Crippen LogP contribution is -2.40. The summed E-state index contributed by atoms with van der Waals surface area (Å²) in [7, 11) is -3.47. The van der Waals surface area contributed by atoms with E-state index in [4.69, 9.17) is 0 Å². The zero-order valence-corrected chi connectivity index (χ0v) is 14.7. The minimum Gasteiger partial charge on any atom is -0.367 e. The molecule has 1 aliphatic heterocycles. The Morgan fingerprint density at radius 3 is 2.88 bits per heavy atom. The summed E-state index contributed by atoms with van der Waals surface area (Å²) in [5, 5.41) is -0.0523. The molecule has 1 atom stereocenters. The first-order valence-electron chi connectivity index (χ1n) is 8.02. The number of imidazole rings is 1. The molecule has 3 heterocycles. The number of amides is 1. The lowest BCUT2D eigenvalue weighted by Gasteiger charge is -2.35. The minimum absolute atomic E-state index is 0.00976. The summed E-state index contributed by atoms with van der Waals surface area (Å²) in [5.41, 5.74) is 1.68. The maximum Gasteiger partial charge on any atom is 0.243 e. The highest BCUT2D eigenvalue weighted by Gasteiger charge is 2.29. The number of hydrogen-bond acceptors (Lipinski definition) is 4. The fraction of sp³-hybridized carbons (Fsp3) is 0.500. The maximum atomic E-state index is 12.8. The number of nitrogens with zero attached hydrogens (tertiary/aromatic N) is 3. The van der Waals surface area contributed by atoms with Crippen LogP contribution in [0.4, 0.5) is 0 Å². The monoisotopic (exact) mass is 350 g/mol. The second-order valence-corrected chi connectivity index (χ2v) is 8.22. The number of carbonyl (C=O) groups excluding carboxylic acids is 1. The van der Waals surface area contributed by atoms with Gasteiger partial charge in [0.2, 0.25) is 20.9 Å². The topological polar surface area (TPSA) is 88.1 Å². The molecule has 1 saturated heterocycles. The molecule has 3 rings (SSSR count). The van der Waals surface area contributed by atoms with Crippen LogP contribution in [-0.2, 0) is 21.2 Å². The summed E-state index contributed by atoms with van der Waals surface area (Å²) in [4.78, 5) is 21.8. The van der Waals surface area contributed by atoms with Crippen LogP contribution in [0, 0.1) is 6.92 Å². The van der Waals surface area contributed by atoms with Gasteiger partial charge in [-0.3, -0.25) is 4.79 Å². The first-order valence-corrected chi connectivity index (χ1v) is 9.91. The number of H-pyrrole nitrogens is 1. The van der Waals surface area contributed by atoms with Gasteiger partial charge in [0, 0.05) is 31.4 Å². The van der Waals surface area contributed by atoms with E-state index in [0.717, 1.165) is 31.1 Å². The number of aromatic amines is 1. The zero-order valence-electron chi connectivity index (χ0n) is 13.9. The van der Waals surface area contributed by atoms with Gasteiger partial charge in [0.15, 0.2) is 0 Å². The van der Waals surface area contributed by atoms with Crippen LogP contribution in [0.3, 0.4) is 0 Å². The van der Waals surface area contributed by atoms with Crippen LogP contribution in [0.15, 0.2) is 29.8 Å². The Hall–Kier alpha value is -2.09. The normalized spacial score (nSPS) is 18.8. The van der Waals surface area contributed by atoms with Crippen molar-refractivity contribution in [3.63, 3.8) is 0 Å². The highest BCUT2D eigenvalue weighted by molar-refractivity contribution is 7.90. The minimum atomic E-state index is -3.47. The SMILES string of the molecule is Cc1cn(CC(=O)N2CCCCC2c2cc[nH]c2)c(S(C)(=O)=O)n1. The van der Waals surface area contributed by atoms with Gasteiger partial charge in [0.25, 0.3) is 0 Å². The summed E-state index contributed by atoms with van der Waals surface area (Å²) in [6.45, 7) is 2.40. The van der Waals surface area contributed by atoms with Crippen LogP contribution < -0.4 is 0 Å². The first-order chi connectivity index (χ1) is 11.4. The van der Waals surface area contributed by atoms with Crippen LogP contribution in [0.5, 0.6) is 0 Å². The Balaban J connectivity index is 1.84. The predicted octanol–water partition coefficient (Wildman–Crippen LogP) is 1.68. The van der Waals surface area contributed by atoms with Crippen molar-refractivity contribution in [2.75, 3.05) is 12.8 Å². The molecule has 0 bridgehead atoms. The number of likely N-dealkylation sites (tertiary alicyclic amines) is 1. The second-order valence-electron chi connectivity index (χ2n) is 6.31. The van der Waals surface area contributed by atoms with Crippen molar-refractivity contribution in [2.45, 2.75) is 43.9 Å². The number of rotatable bonds is 4. The van der Waals surface area contributed by atoms with Gasteiger partial charge in [-0.25, -0.2) is 13.4 Å². The Bertz CT molecular complexity index is 824. The molecular formula is C16H22N4O3S. The molecule has 1 aliphatic rings. The predicted molar refractivity (Wildman–Crippen MR) is 89.2 cm³/mol. The molecule has 0 aromatic carbocycles. The number of nitrogens with one attached hydrogen (secondary N) is 1. The molecule has 130 valence electrons. The second kappa shape index (κ2) is 6.43. The van der Waals surface area contributed by atoms with E-state index in [1.165, 1.54) is 4.57 Å². The molecule has 2 aromatic rings. The van der Waals surface area contributed by atoms with Gasteiger partial charge in [0.1, 0.15) is 6.54 Å². The number of hydrogen-bond donors (Lipinski definition) is 1. The Morgan fingerprint density at radius 1 is 1.42 bits per heavy atom. The Kier molecular flexibility index (Phi) is 4.49. The molecule has 1 amide bonds. The zero-order chi connectivity index (χ0) is 17.3. The summed E-state index contributed by atoms with van der Waals surface area (Å²) in [5.74, 6) is -0.0804. The van der Waals surface area contributed by atoms with Crippen LogP contribution >= 0.6 is 0 Å². The standard InChI is InChI=1S/C16H22N4O3S/c1-12-10-19(16(18-12)24(2,22)23)11-15(21)20-8-4-3-5-14(20)13-6-7-17-9-13/h6-7,9-10,14,17H,3-5,8,11H2,1-2H3. The molecule has 0 radical (unpaired) electrons. The number of piperidine rings is 1. The van der Waals surface area contributed by atoms with Crippen molar-refractivity contribution in [3.8, 4) is 0 Å². The van der Waals surface area contributed by atoms with E-state index in [2.05, 4.69) is 9.97 Å². The fourth-order valence-electron chi connectivity index (χ4n) is 3.29.